The van der Waals surface area contributed by atoms with Gasteiger partial charge in [0.2, 0.25) is 0 Å². The number of hydrogen-bond donors (Lipinski definition) is 1. The molecule has 2 N–H and O–H groups in total. The first-order valence-electron chi connectivity index (χ1n) is 8.19. The summed E-state index contributed by atoms with van der Waals surface area (Å²) in [5, 5.41) is 0. The SMILES string of the molecule is CCCC1CCCN(C(=O)c2cc(N)nc(CC)c2)CC1. The second kappa shape index (κ2) is 7.43. The van der Waals surface area contributed by atoms with Gasteiger partial charge in [-0.15, -0.1) is 0 Å². The molecule has 116 valence electrons. The summed E-state index contributed by atoms with van der Waals surface area (Å²) in [6.07, 6.45) is 6.79. The molecule has 0 aromatic carbocycles. The predicted molar refractivity (Wildman–Crippen MR) is 86.2 cm³/mol. The number of carbonyl (C=O) groups excluding carboxylic acids is 1. The Morgan fingerprint density at radius 1 is 1.33 bits per heavy atom. The molecular formula is C17H27N3O. The number of nitrogen functional groups attached to an aromatic ring is 1. The van der Waals surface area contributed by atoms with E-state index in [-0.39, 0.29) is 5.91 Å². The second-order valence-corrected chi connectivity index (χ2v) is 6.00. The number of likely N-dealkylation sites (tertiary alicyclic amines) is 1. The molecule has 1 aliphatic rings. The molecule has 1 fully saturated rings. The monoisotopic (exact) mass is 289 g/mol. The molecule has 0 spiro atoms. The lowest BCUT2D eigenvalue weighted by Gasteiger charge is -2.21. The van der Waals surface area contributed by atoms with E-state index in [0.29, 0.717) is 11.4 Å². The van der Waals surface area contributed by atoms with Gasteiger partial charge in [-0.3, -0.25) is 4.79 Å². The van der Waals surface area contributed by atoms with Crippen LogP contribution in [0.5, 0.6) is 0 Å². The highest BCUT2D eigenvalue weighted by atomic mass is 16.2. The van der Waals surface area contributed by atoms with Crippen molar-refractivity contribution in [2.24, 2.45) is 5.92 Å². The highest BCUT2D eigenvalue weighted by molar-refractivity contribution is 5.95. The number of aryl methyl sites for hydroxylation is 1. The smallest absolute Gasteiger partial charge is 0.254 e. The average molecular weight is 289 g/mol. The van der Waals surface area contributed by atoms with Crippen LogP contribution in [0.2, 0.25) is 0 Å². The van der Waals surface area contributed by atoms with Crippen molar-refractivity contribution in [3.63, 3.8) is 0 Å². The molecule has 0 aliphatic carbocycles. The molecule has 2 heterocycles. The summed E-state index contributed by atoms with van der Waals surface area (Å²) in [5.41, 5.74) is 7.39. The number of aromatic nitrogens is 1. The van der Waals surface area contributed by atoms with Gasteiger partial charge in [-0.1, -0.05) is 26.7 Å². The van der Waals surface area contributed by atoms with Crippen LogP contribution in [0.3, 0.4) is 0 Å². The van der Waals surface area contributed by atoms with Gasteiger partial charge in [-0.05, 0) is 43.7 Å². The van der Waals surface area contributed by atoms with Gasteiger partial charge in [0.15, 0.2) is 0 Å². The molecule has 1 atom stereocenters. The summed E-state index contributed by atoms with van der Waals surface area (Å²) in [5.74, 6) is 1.33. The van der Waals surface area contributed by atoms with Crippen molar-refractivity contribution in [1.29, 1.82) is 0 Å². The lowest BCUT2D eigenvalue weighted by atomic mass is 9.96. The number of nitrogens with zero attached hydrogens (tertiary/aromatic N) is 2. The first-order valence-corrected chi connectivity index (χ1v) is 8.19. The summed E-state index contributed by atoms with van der Waals surface area (Å²) in [4.78, 5) is 18.9. The Morgan fingerprint density at radius 3 is 2.86 bits per heavy atom. The lowest BCUT2D eigenvalue weighted by molar-refractivity contribution is 0.0759. The largest absolute Gasteiger partial charge is 0.384 e. The van der Waals surface area contributed by atoms with Crippen LogP contribution in [0.1, 0.15) is 62.0 Å². The van der Waals surface area contributed by atoms with Crippen LogP contribution in [-0.2, 0) is 6.42 Å². The zero-order chi connectivity index (χ0) is 15.2. The van der Waals surface area contributed by atoms with Gasteiger partial charge in [0.05, 0.1) is 0 Å². The van der Waals surface area contributed by atoms with E-state index in [1.807, 2.05) is 17.9 Å². The zero-order valence-corrected chi connectivity index (χ0v) is 13.3. The maximum Gasteiger partial charge on any atom is 0.254 e. The molecule has 4 nitrogen and oxygen atoms in total. The Bertz CT molecular complexity index is 487. The van der Waals surface area contributed by atoms with Gasteiger partial charge in [-0.2, -0.15) is 0 Å². The third-order valence-corrected chi connectivity index (χ3v) is 4.34. The van der Waals surface area contributed by atoms with Crippen molar-refractivity contribution >= 4 is 11.7 Å². The topological polar surface area (TPSA) is 59.2 Å². The summed E-state index contributed by atoms with van der Waals surface area (Å²) >= 11 is 0. The predicted octanol–water partition coefficient (Wildman–Crippen LogP) is 3.27. The normalized spacial score (nSPS) is 19.3. The fraction of sp³-hybridized carbons (Fsp3) is 0.647. The van der Waals surface area contributed by atoms with Gasteiger partial charge in [0.1, 0.15) is 5.82 Å². The Labute approximate surface area is 127 Å². The Kier molecular flexibility index (Phi) is 5.59. The van der Waals surface area contributed by atoms with Crippen LogP contribution < -0.4 is 5.73 Å². The zero-order valence-electron chi connectivity index (χ0n) is 13.3. The minimum Gasteiger partial charge on any atom is -0.384 e. The standard InChI is InChI=1S/C17H27N3O/c1-3-6-13-7-5-9-20(10-8-13)17(21)14-11-15(4-2)19-16(18)12-14/h11-13H,3-10H2,1-2H3,(H2,18,19). The minimum atomic E-state index is 0.107. The fourth-order valence-electron chi connectivity index (χ4n) is 3.16. The van der Waals surface area contributed by atoms with Crippen LogP contribution in [0.4, 0.5) is 5.82 Å². The molecule has 0 bridgehead atoms. The number of amides is 1. The Balaban J connectivity index is 2.07. The van der Waals surface area contributed by atoms with Gasteiger partial charge in [0.25, 0.3) is 5.91 Å². The van der Waals surface area contributed by atoms with Crippen molar-refractivity contribution in [3.05, 3.63) is 23.4 Å². The van der Waals surface area contributed by atoms with E-state index in [1.165, 1.54) is 19.3 Å². The third-order valence-electron chi connectivity index (χ3n) is 4.34. The molecule has 1 aliphatic heterocycles. The van der Waals surface area contributed by atoms with E-state index in [4.69, 9.17) is 5.73 Å². The quantitative estimate of drug-likeness (QED) is 0.925. The molecule has 0 radical (unpaired) electrons. The number of rotatable bonds is 4. The molecule has 2 rings (SSSR count). The third kappa shape index (κ3) is 4.19. The first-order chi connectivity index (χ1) is 10.1. The van der Waals surface area contributed by atoms with E-state index in [1.54, 1.807) is 6.07 Å². The molecule has 1 unspecified atom stereocenters. The molecule has 4 heteroatoms. The maximum atomic E-state index is 12.7. The summed E-state index contributed by atoms with van der Waals surface area (Å²) in [6, 6.07) is 3.59. The summed E-state index contributed by atoms with van der Waals surface area (Å²) < 4.78 is 0. The minimum absolute atomic E-state index is 0.107. The molecule has 1 aromatic rings. The van der Waals surface area contributed by atoms with E-state index in [0.717, 1.165) is 44.0 Å². The molecule has 21 heavy (non-hydrogen) atoms. The molecule has 1 saturated heterocycles. The van der Waals surface area contributed by atoms with Crippen LogP contribution in [0.15, 0.2) is 12.1 Å². The number of carbonyl (C=O) groups is 1. The summed E-state index contributed by atoms with van der Waals surface area (Å²) in [6.45, 7) is 5.99. The lowest BCUT2D eigenvalue weighted by Crippen LogP contribution is -2.32. The van der Waals surface area contributed by atoms with E-state index in [9.17, 15) is 4.79 Å². The highest BCUT2D eigenvalue weighted by Crippen LogP contribution is 2.23. The van der Waals surface area contributed by atoms with Crippen LogP contribution in [0.25, 0.3) is 0 Å². The van der Waals surface area contributed by atoms with Crippen molar-refractivity contribution in [1.82, 2.24) is 9.88 Å². The molecule has 0 saturated carbocycles. The van der Waals surface area contributed by atoms with Crippen molar-refractivity contribution < 1.29 is 4.79 Å². The first kappa shape index (κ1) is 15.8. The van der Waals surface area contributed by atoms with E-state index < -0.39 is 0 Å². The Hall–Kier alpha value is -1.58. The van der Waals surface area contributed by atoms with Gasteiger partial charge in [0, 0.05) is 24.3 Å². The second-order valence-electron chi connectivity index (χ2n) is 6.00. The van der Waals surface area contributed by atoms with Crippen LogP contribution in [-0.4, -0.2) is 28.9 Å². The van der Waals surface area contributed by atoms with Gasteiger partial charge in [-0.25, -0.2) is 4.98 Å². The molecular weight excluding hydrogens is 262 g/mol. The van der Waals surface area contributed by atoms with Crippen molar-refractivity contribution in [3.8, 4) is 0 Å². The molecule has 1 aromatic heterocycles. The number of hydrogen-bond acceptors (Lipinski definition) is 3. The van der Waals surface area contributed by atoms with Crippen molar-refractivity contribution in [2.75, 3.05) is 18.8 Å². The number of nitrogens with two attached hydrogens (primary N) is 1. The Morgan fingerprint density at radius 2 is 2.14 bits per heavy atom. The van der Waals surface area contributed by atoms with E-state index >= 15 is 0 Å². The van der Waals surface area contributed by atoms with Gasteiger partial charge >= 0.3 is 0 Å². The van der Waals surface area contributed by atoms with Crippen molar-refractivity contribution in [2.45, 2.75) is 52.4 Å². The fourth-order valence-corrected chi connectivity index (χ4v) is 3.16. The number of anilines is 1. The van der Waals surface area contributed by atoms with E-state index in [2.05, 4.69) is 11.9 Å². The molecule has 1 amide bonds. The maximum absolute atomic E-state index is 12.7. The number of pyridine rings is 1. The van der Waals surface area contributed by atoms with Crippen LogP contribution in [0, 0.1) is 5.92 Å². The van der Waals surface area contributed by atoms with Gasteiger partial charge < -0.3 is 10.6 Å². The highest BCUT2D eigenvalue weighted by Gasteiger charge is 2.21. The summed E-state index contributed by atoms with van der Waals surface area (Å²) in [7, 11) is 0. The van der Waals surface area contributed by atoms with Crippen LogP contribution >= 0.6 is 0 Å². The average Bonchev–Trinajstić information content (AvgIpc) is 2.72.